The van der Waals surface area contributed by atoms with E-state index in [1.165, 1.54) is 24.0 Å². The molecule has 206 valence electrons. The van der Waals surface area contributed by atoms with E-state index in [9.17, 15) is 41.3 Å². The molecule has 2 aromatic rings. The number of non-ortho nitro benzene ring substituents is 1. The molecule has 2 aliphatic rings. The molecule has 0 aliphatic carbocycles. The van der Waals surface area contributed by atoms with Gasteiger partial charge in [-0.15, -0.1) is 0 Å². The van der Waals surface area contributed by atoms with Crippen LogP contribution in [0.1, 0.15) is 61.0 Å². The second-order valence-electron chi connectivity index (χ2n) is 9.48. The lowest BCUT2D eigenvalue weighted by Crippen LogP contribution is -2.33. The molecule has 2 atom stereocenters. The summed E-state index contributed by atoms with van der Waals surface area (Å²) in [5, 5.41) is 11.4. The molecule has 0 saturated carbocycles. The number of hydrogen-bond donors (Lipinski definition) is 0. The van der Waals surface area contributed by atoms with Gasteiger partial charge in [-0.25, -0.2) is 4.79 Å². The third-order valence-electron chi connectivity index (χ3n) is 6.89. The lowest BCUT2D eigenvalue weighted by Gasteiger charge is -2.28. The number of nitro groups is 1. The Bertz CT molecular complexity index is 1180. The van der Waals surface area contributed by atoms with Gasteiger partial charge in [-0.2, -0.15) is 26.3 Å². The molecule has 2 saturated heterocycles. The molecule has 2 aromatic carbocycles. The fraction of sp³-hybridized carbons (Fsp3) is 0.480. The quantitative estimate of drug-likeness (QED) is 0.228. The summed E-state index contributed by atoms with van der Waals surface area (Å²) in [5.74, 6) is 0. The molecular weight excluding hydrogens is 520 g/mol. The average Bonchev–Trinajstić information content (AvgIpc) is 3.01. The number of nitrogens with zero attached hydrogens (tertiary/aromatic N) is 3. The first-order chi connectivity index (χ1) is 17.8. The van der Waals surface area contributed by atoms with Crippen LogP contribution >= 0.6 is 0 Å². The number of benzene rings is 2. The molecule has 7 nitrogen and oxygen atoms in total. The maximum Gasteiger partial charge on any atom is 0.416 e. The van der Waals surface area contributed by atoms with Crippen LogP contribution in [0.2, 0.25) is 0 Å². The maximum absolute atomic E-state index is 13.4. The van der Waals surface area contributed by atoms with Crippen molar-refractivity contribution in [3.63, 3.8) is 0 Å². The molecule has 4 rings (SSSR count). The smallest absolute Gasteiger partial charge is 0.416 e. The van der Waals surface area contributed by atoms with Crippen LogP contribution in [0.3, 0.4) is 0 Å². The van der Waals surface area contributed by atoms with E-state index in [2.05, 4.69) is 4.90 Å². The number of anilines is 1. The number of alkyl halides is 6. The first kappa shape index (κ1) is 27.5. The summed E-state index contributed by atoms with van der Waals surface area (Å²) >= 11 is 0. The fourth-order valence-corrected chi connectivity index (χ4v) is 4.92. The Hall–Kier alpha value is -3.51. The molecule has 38 heavy (non-hydrogen) atoms. The van der Waals surface area contributed by atoms with Gasteiger partial charge in [0, 0.05) is 36.5 Å². The summed E-state index contributed by atoms with van der Waals surface area (Å²) in [5.41, 5.74) is -2.55. The van der Waals surface area contributed by atoms with Crippen LogP contribution in [-0.2, 0) is 23.6 Å². The second kappa shape index (κ2) is 10.3. The molecule has 2 fully saturated rings. The summed E-state index contributed by atoms with van der Waals surface area (Å²) in [4.78, 5) is 26.9. The first-order valence-corrected chi connectivity index (χ1v) is 12.0. The van der Waals surface area contributed by atoms with Crippen molar-refractivity contribution in [1.29, 1.82) is 0 Å². The molecule has 0 unspecified atom stereocenters. The van der Waals surface area contributed by atoms with Crippen molar-refractivity contribution in [2.24, 2.45) is 0 Å². The minimum atomic E-state index is -5.05. The highest BCUT2D eigenvalue weighted by atomic mass is 19.4. The van der Waals surface area contributed by atoms with Crippen molar-refractivity contribution in [1.82, 2.24) is 4.90 Å². The van der Waals surface area contributed by atoms with Gasteiger partial charge in [-0.05, 0) is 49.6 Å². The number of ether oxygens (including phenoxy) is 1. The molecule has 0 N–H and O–H groups in total. The van der Waals surface area contributed by atoms with Crippen molar-refractivity contribution in [2.45, 2.75) is 63.7 Å². The zero-order chi connectivity index (χ0) is 27.8. The normalized spacial score (nSPS) is 20.9. The van der Waals surface area contributed by atoms with Crippen molar-refractivity contribution in [3.05, 3.63) is 68.8 Å². The van der Waals surface area contributed by atoms with E-state index in [1.807, 2.05) is 0 Å². The second-order valence-corrected chi connectivity index (χ2v) is 9.48. The standard InChI is InChI=1S/C25H25F6N3O4/c1-15-22(16-10-18(24(26,27)28)13-19(11-16)25(29,30)31)38-23(35)33(15)14-17-12-20(34(36)37)6-7-21(17)32-8-4-2-3-5-9-32/h6-7,10-13,15,22H,2-5,8-9,14H2,1H3/t15-,22-/m0/s1. The molecule has 13 heteroatoms. The monoisotopic (exact) mass is 545 g/mol. The number of carbonyl (C=O) groups excluding carboxylic acids is 1. The lowest BCUT2D eigenvalue weighted by molar-refractivity contribution is -0.384. The predicted molar refractivity (Wildman–Crippen MR) is 124 cm³/mol. The largest absolute Gasteiger partial charge is 0.439 e. The van der Waals surface area contributed by atoms with E-state index < -0.39 is 52.2 Å². The van der Waals surface area contributed by atoms with Crippen LogP contribution in [0.25, 0.3) is 0 Å². The van der Waals surface area contributed by atoms with Crippen LogP contribution in [0, 0.1) is 10.1 Å². The molecule has 2 heterocycles. The zero-order valence-corrected chi connectivity index (χ0v) is 20.3. The van der Waals surface area contributed by atoms with E-state index in [0.717, 1.165) is 25.7 Å². The third-order valence-corrected chi connectivity index (χ3v) is 6.89. The van der Waals surface area contributed by atoms with Gasteiger partial charge >= 0.3 is 18.4 Å². The van der Waals surface area contributed by atoms with Gasteiger partial charge in [0.25, 0.3) is 5.69 Å². The highest BCUT2D eigenvalue weighted by Crippen LogP contribution is 2.41. The Balaban J connectivity index is 1.68. The molecule has 0 aromatic heterocycles. The third kappa shape index (κ3) is 5.81. The Morgan fingerprint density at radius 1 is 0.947 bits per heavy atom. The summed E-state index contributed by atoms with van der Waals surface area (Å²) in [6.45, 7) is 2.69. The predicted octanol–water partition coefficient (Wildman–Crippen LogP) is 7.09. The zero-order valence-electron chi connectivity index (χ0n) is 20.3. The number of amides is 1. The van der Waals surface area contributed by atoms with Gasteiger partial charge in [-0.1, -0.05) is 12.8 Å². The van der Waals surface area contributed by atoms with Crippen molar-refractivity contribution in [2.75, 3.05) is 18.0 Å². The van der Waals surface area contributed by atoms with Gasteiger partial charge < -0.3 is 9.64 Å². The van der Waals surface area contributed by atoms with Crippen LogP contribution < -0.4 is 4.90 Å². The Labute approximate surface area is 214 Å². The van der Waals surface area contributed by atoms with Crippen LogP contribution in [0.5, 0.6) is 0 Å². The van der Waals surface area contributed by atoms with E-state index in [0.29, 0.717) is 36.5 Å². The van der Waals surface area contributed by atoms with E-state index in [-0.39, 0.29) is 18.3 Å². The van der Waals surface area contributed by atoms with E-state index in [4.69, 9.17) is 4.74 Å². The van der Waals surface area contributed by atoms with Crippen molar-refractivity contribution < 1.29 is 40.8 Å². The average molecular weight is 545 g/mol. The van der Waals surface area contributed by atoms with E-state index >= 15 is 0 Å². The fourth-order valence-electron chi connectivity index (χ4n) is 4.92. The summed E-state index contributed by atoms with van der Waals surface area (Å²) in [7, 11) is 0. The van der Waals surface area contributed by atoms with Crippen LogP contribution in [0.4, 0.5) is 42.5 Å². The molecule has 2 aliphatic heterocycles. The van der Waals surface area contributed by atoms with Crippen LogP contribution in [-0.4, -0.2) is 35.0 Å². The van der Waals surface area contributed by atoms with Gasteiger partial charge in [0.05, 0.1) is 28.6 Å². The Kier molecular flexibility index (Phi) is 7.48. The minimum absolute atomic E-state index is 0.0132. The number of hydrogen-bond acceptors (Lipinski definition) is 5. The first-order valence-electron chi connectivity index (χ1n) is 12.0. The lowest BCUT2D eigenvalue weighted by atomic mass is 9.97. The Morgan fingerprint density at radius 2 is 1.53 bits per heavy atom. The Morgan fingerprint density at radius 3 is 2.05 bits per heavy atom. The van der Waals surface area contributed by atoms with Gasteiger partial charge in [-0.3, -0.25) is 15.0 Å². The number of cyclic esters (lactones) is 1. The molecule has 0 bridgehead atoms. The number of rotatable bonds is 5. The highest BCUT2D eigenvalue weighted by Gasteiger charge is 2.43. The minimum Gasteiger partial charge on any atom is -0.439 e. The van der Waals surface area contributed by atoms with E-state index in [1.54, 1.807) is 6.07 Å². The van der Waals surface area contributed by atoms with Gasteiger partial charge in [0.1, 0.15) is 6.10 Å². The van der Waals surface area contributed by atoms with Gasteiger partial charge in [0.2, 0.25) is 0 Å². The number of nitro benzene ring substituents is 1. The molecule has 0 spiro atoms. The SMILES string of the molecule is C[C@H]1[C@@H](c2cc(C(F)(F)F)cc(C(F)(F)F)c2)OC(=O)N1Cc1cc([N+](=O)[O-])ccc1N1CCCCCC1. The summed E-state index contributed by atoms with van der Waals surface area (Å²) < 4.78 is 85.5. The van der Waals surface area contributed by atoms with Gasteiger partial charge in [0.15, 0.2) is 0 Å². The highest BCUT2D eigenvalue weighted by molar-refractivity contribution is 5.72. The molecule has 0 radical (unpaired) electrons. The molecular formula is C25H25F6N3O4. The number of halogens is 6. The van der Waals surface area contributed by atoms with Crippen LogP contribution in [0.15, 0.2) is 36.4 Å². The van der Waals surface area contributed by atoms with Crippen molar-refractivity contribution >= 4 is 17.5 Å². The topological polar surface area (TPSA) is 75.9 Å². The summed E-state index contributed by atoms with van der Waals surface area (Å²) in [6.07, 6.45) is -8.55. The summed E-state index contributed by atoms with van der Waals surface area (Å²) in [6, 6.07) is 4.44. The maximum atomic E-state index is 13.4. The molecule has 1 amide bonds. The van der Waals surface area contributed by atoms with Crippen molar-refractivity contribution in [3.8, 4) is 0 Å². The number of carbonyl (C=O) groups is 1.